The van der Waals surface area contributed by atoms with Gasteiger partial charge in [0.1, 0.15) is 11.8 Å². The number of carbonyl (C=O) groups excluding carboxylic acids is 1. The summed E-state index contributed by atoms with van der Waals surface area (Å²) in [6.07, 6.45) is 4.61. The van der Waals surface area contributed by atoms with Crippen LogP contribution in [-0.2, 0) is 4.79 Å². The molecule has 1 saturated carbocycles. The van der Waals surface area contributed by atoms with Crippen LogP contribution in [0.5, 0.6) is 5.75 Å². The Bertz CT molecular complexity index is 715. The zero-order valence-corrected chi connectivity index (χ0v) is 15.2. The predicted molar refractivity (Wildman–Crippen MR) is 98.1 cm³/mol. The van der Waals surface area contributed by atoms with E-state index in [0.29, 0.717) is 24.8 Å². The maximum atomic E-state index is 12.3. The Labute approximate surface area is 158 Å². The molecule has 8 nitrogen and oxygen atoms in total. The van der Waals surface area contributed by atoms with Crippen molar-refractivity contribution < 1.29 is 14.5 Å². The quantitative estimate of drug-likeness (QED) is 0.581. The minimum absolute atomic E-state index is 0.00429. The fraction of sp³-hybridized carbons (Fsp3) is 0.579. The van der Waals surface area contributed by atoms with Gasteiger partial charge in [0.05, 0.1) is 24.1 Å². The van der Waals surface area contributed by atoms with E-state index in [1.165, 1.54) is 12.1 Å². The van der Waals surface area contributed by atoms with E-state index >= 15 is 0 Å². The van der Waals surface area contributed by atoms with Gasteiger partial charge in [0.25, 0.3) is 5.69 Å². The number of nitro benzene ring substituents is 1. The fourth-order valence-corrected chi connectivity index (χ4v) is 3.82. The molecule has 2 fully saturated rings. The third-order valence-electron chi connectivity index (χ3n) is 5.34. The summed E-state index contributed by atoms with van der Waals surface area (Å²) in [5.74, 6) is 1.03. The molecule has 0 spiro atoms. The average molecular weight is 372 g/mol. The van der Waals surface area contributed by atoms with Crippen molar-refractivity contribution in [1.82, 2.24) is 10.2 Å². The molecule has 144 valence electrons. The zero-order valence-electron chi connectivity index (χ0n) is 15.2. The van der Waals surface area contributed by atoms with Gasteiger partial charge in [-0.15, -0.1) is 0 Å². The van der Waals surface area contributed by atoms with Crippen LogP contribution in [0.25, 0.3) is 0 Å². The summed E-state index contributed by atoms with van der Waals surface area (Å²) < 4.78 is 5.75. The maximum absolute atomic E-state index is 12.3. The Morgan fingerprint density at radius 1 is 1.33 bits per heavy atom. The van der Waals surface area contributed by atoms with Gasteiger partial charge >= 0.3 is 0 Å². The van der Waals surface area contributed by atoms with Crippen LogP contribution in [0.1, 0.15) is 32.1 Å². The smallest absolute Gasteiger partial charge is 0.269 e. The predicted octanol–water partition coefficient (Wildman–Crippen LogP) is 2.25. The van der Waals surface area contributed by atoms with E-state index in [1.54, 1.807) is 17.0 Å². The Balaban J connectivity index is 1.38. The molecule has 1 aliphatic carbocycles. The van der Waals surface area contributed by atoms with Crippen LogP contribution in [0.15, 0.2) is 24.3 Å². The molecule has 0 radical (unpaired) electrons. The van der Waals surface area contributed by atoms with Gasteiger partial charge in [0.15, 0.2) is 0 Å². The van der Waals surface area contributed by atoms with E-state index in [0.717, 1.165) is 32.1 Å². The summed E-state index contributed by atoms with van der Waals surface area (Å²) in [4.78, 5) is 24.2. The van der Waals surface area contributed by atoms with Gasteiger partial charge in [-0.25, -0.2) is 0 Å². The van der Waals surface area contributed by atoms with Gasteiger partial charge in [-0.3, -0.25) is 14.9 Å². The van der Waals surface area contributed by atoms with Crippen molar-refractivity contribution in [1.29, 1.82) is 5.26 Å². The highest BCUT2D eigenvalue weighted by Gasteiger charge is 2.30. The van der Waals surface area contributed by atoms with Crippen molar-refractivity contribution >= 4 is 11.6 Å². The minimum Gasteiger partial charge on any atom is -0.493 e. The molecule has 1 N–H and O–H groups in total. The first-order valence-corrected chi connectivity index (χ1v) is 9.36. The first kappa shape index (κ1) is 19.1. The molecule has 0 bridgehead atoms. The SMILES string of the molecule is N#C[C@@H]1CCCN1C(=O)CNC1CCC(COc2ccc([N+](=O)[O-])cc2)C1. The second-order valence-corrected chi connectivity index (χ2v) is 7.19. The van der Waals surface area contributed by atoms with Gasteiger partial charge in [-0.2, -0.15) is 5.26 Å². The highest BCUT2D eigenvalue weighted by Crippen LogP contribution is 2.27. The van der Waals surface area contributed by atoms with E-state index in [1.807, 2.05) is 0 Å². The van der Waals surface area contributed by atoms with Crippen molar-refractivity contribution in [2.75, 3.05) is 19.7 Å². The van der Waals surface area contributed by atoms with Crippen LogP contribution >= 0.6 is 0 Å². The molecule has 27 heavy (non-hydrogen) atoms. The standard InChI is InChI=1S/C19H24N4O4/c20-11-17-2-1-9-22(17)19(24)12-21-15-4-3-14(10-15)13-27-18-7-5-16(6-8-18)23(25)26/h5-8,14-15,17,21H,1-4,9-10,12-13H2/t14?,15?,17-/m0/s1. The number of nitrogens with one attached hydrogen (secondary N) is 1. The molecule has 1 aliphatic heterocycles. The van der Waals surface area contributed by atoms with Crippen LogP contribution in [0.4, 0.5) is 5.69 Å². The fourth-order valence-electron chi connectivity index (χ4n) is 3.82. The van der Waals surface area contributed by atoms with Gasteiger partial charge < -0.3 is 15.0 Å². The first-order valence-electron chi connectivity index (χ1n) is 9.36. The molecule has 3 rings (SSSR count). The lowest BCUT2D eigenvalue weighted by molar-refractivity contribution is -0.384. The second-order valence-electron chi connectivity index (χ2n) is 7.19. The average Bonchev–Trinajstić information content (AvgIpc) is 3.34. The molecule has 3 atom stereocenters. The highest BCUT2D eigenvalue weighted by molar-refractivity contribution is 5.79. The van der Waals surface area contributed by atoms with Crippen LogP contribution < -0.4 is 10.1 Å². The molecule has 1 aromatic rings. The minimum atomic E-state index is -0.431. The van der Waals surface area contributed by atoms with Crippen molar-refractivity contribution in [3.8, 4) is 11.8 Å². The number of nitrogens with zero attached hydrogens (tertiary/aromatic N) is 3. The molecule has 8 heteroatoms. The van der Waals surface area contributed by atoms with Gasteiger partial charge in [0, 0.05) is 24.7 Å². The van der Waals surface area contributed by atoms with E-state index in [9.17, 15) is 14.9 Å². The third-order valence-corrected chi connectivity index (χ3v) is 5.34. The monoisotopic (exact) mass is 372 g/mol. The molecule has 2 aliphatic rings. The summed E-state index contributed by atoms with van der Waals surface area (Å²) in [6, 6.07) is 8.31. The molecule has 1 amide bonds. The number of rotatable bonds is 7. The van der Waals surface area contributed by atoms with Gasteiger partial charge in [0.2, 0.25) is 5.91 Å². The van der Waals surface area contributed by atoms with Crippen molar-refractivity contribution in [2.45, 2.75) is 44.2 Å². The number of ether oxygens (including phenoxy) is 1. The van der Waals surface area contributed by atoms with Gasteiger partial charge in [-0.1, -0.05) is 0 Å². The normalized spacial score (nSPS) is 24.6. The lowest BCUT2D eigenvalue weighted by Gasteiger charge is -2.21. The third kappa shape index (κ3) is 4.95. The van der Waals surface area contributed by atoms with Gasteiger partial charge in [-0.05, 0) is 50.2 Å². The summed E-state index contributed by atoms with van der Waals surface area (Å²) in [5.41, 5.74) is 0.0498. The number of non-ortho nitro benzene ring substituents is 1. The first-order chi connectivity index (χ1) is 13.1. The lowest BCUT2D eigenvalue weighted by Crippen LogP contribution is -2.42. The number of hydrogen-bond donors (Lipinski definition) is 1. The summed E-state index contributed by atoms with van der Waals surface area (Å²) in [7, 11) is 0. The summed E-state index contributed by atoms with van der Waals surface area (Å²) in [5, 5.41) is 23.1. The van der Waals surface area contributed by atoms with Crippen molar-refractivity contribution in [3.05, 3.63) is 34.4 Å². The van der Waals surface area contributed by atoms with E-state index in [-0.39, 0.29) is 30.2 Å². The molecule has 2 unspecified atom stereocenters. The van der Waals surface area contributed by atoms with Crippen molar-refractivity contribution in [3.63, 3.8) is 0 Å². The molecule has 1 saturated heterocycles. The molecule has 1 aromatic carbocycles. The number of hydrogen-bond acceptors (Lipinski definition) is 6. The maximum Gasteiger partial charge on any atom is 0.269 e. The van der Waals surface area contributed by atoms with E-state index in [4.69, 9.17) is 10.00 Å². The Kier molecular flexibility index (Phi) is 6.24. The number of likely N-dealkylation sites (tertiary alicyclic amines) is 1. The van der Waals surface area contributed by atoms with Crippen LogP contribution in [0.2, 0.25) is 0 Å². The van der Waals surface area contributed by atoms with Crippen LogP contribution in [-0.4, -0.2) is 47.5 Å². The topological polar surface area (TPSA) is 108 Å². The number of benzene rings is 1. The second kappa shape index (κ2) is 8.82. The molecule has 1 heterocycles. The molecular weight excluding hydrogens is 348 g/mol. The van der Waals surface area contributed by atoms with E-state index in [2.05, 4.69) is 11.4 Å². The number of amides is 1. The van der Waals surface area contributed by atoms with E-state index < -0.39 is 4.92 Å². The Morgan fingerprint density at radius 3 is 2.81 bits per heavy atom. The lowest BCUT2D eigenvalue weighted by atomic mass is 10.1. The summed E-state index contributed by atoms with van der Waals surface area (Å²) in [6.45, 7) is 1.51. The number of carbonyl (C=O) groups is 1. The molecular formula is C19H24N4O4. The number of nitro groups is 1. The Hall–Kier alpha value is -2.66. The van der Waals surface area contributed by atoms with Crippen molar-refractivity contribution in [2.24, 2.45) is 5.92 Å². The molecule has 0 aromatic heterocycles. The zero-order chi connectivity index (χ0) is 19.2. The van der Waals surface area contributed by atoms with Crippen LogP contribution in [0.3, 0.4) is 0 Å². The Morgan fingerprint density at radius 2 is 2.11 bits per heavy atom. The highest BCUT2D eigenvalue weighted by atomic mass is 16.6. The summed E-state index contributed by atoms with van der Waals surface area (Å²) >= 11 is 0. The number of nitriles is 1. The van der Waals surface area contributed by atoms with Crippen LogP contribution in [0, 0.1) is 27.4 Å². The largest absolute Gasteiger partial charge is 0.493 e.